The van der Waals surface area contributed by atoms with Crippen LogP contribution in [0.3, 0.4) is 0 Å². The monoisotopic (exact) mass is 304 g/mol. The van der Waals surface area contributed by atoms with Gasteiger partial charge in [0, 0.05) is 0 Å². The van der Waals surface area contributed by atoms with Crippen LogP contribution in [0, 0.1) is 0 Å². The molecule has 0 bridgehead atoms. The molecule has 0 saturated carbocycles. The van der Waals surface area contributed by atoms with Gasteiger partial charge in [-0.3, -0.25) is 4.79 Å². The second-order valence-electron chi connectivity index (χ2n) is 6.26. The van der Waals surface area contributed by atoms with Crippen molar-refractivity contribution in [3.05, 3.63) is 0 Å². The normalized spacial score (nSPS) is 11.4. The summed E-state index contributed by atoms with van der Waals surface area (Å²) < 4.78 is 14.6. The minimum absolute atomic E-state index is 0.495. The van der Waals surface area contributed by atoms with Crippen molar-refractivity contribution >= 4 is 18.2 Å². The summed E-state index contributed by atoms with van der Waals surface area (Å²) in [4.78, 5) is 34.9. The lowest BCUT2D eigenvalue weighted by Crippen LogP contribution is -2.51. The largest absolute Gasteiger partial charge is 0.468 e. The number of methoxy groups -OCH3 is 1. The molecule has 0 spiro atoms. The van der Waals surface area contributed by atoms with Gasteiger partial charge in [0.25, 0.3) is 0 Å². The predicted octanol–water partition coefficient (Wildman–Crippen LogP) is 1.84. The minimum Gasteiger partial charge on any atom is -0.468 e. The van der Waals surface area contributed by atoms with Crippen LogP contribution in [-0.2, 0) is 19.0 Å². The Kier molecular flexibility index (Phi) is 6.47. The molecule has 0 rings (SSSR count). The van der Waals surface area contributed by atoms with Crippen LogP contribution in [-0.4, -0.2) is 48.0 Å². The lowest BCUT2D eigenvalue weighted by molar-refractivity contribution is -0.142. The molecular weight excluding hydrogens is 280 g/mol. The SMILES string of the molecule is COC(=O)CN(NC(=O)OC(C)(C)C)C(=O)OC(C)(C)C. The number of hydrogen-bond donors (Lipinski definition) is 1. The van der Waals surface area contributed by atoms with Crippen molar-refractivity contribution in [1.82, 2.24) is 10.4 Å². The quantitative estimate of drug-likeness (QED) is 0.475. The molecule has 0 aromatic heterocycles. The molecule has 1 N–H and O–H groups in total. The second kappa shape index (κ2) is 7.14. The van der Waals surface area contributed by atoms with Crippen LogP contribution >= 0.6 is 0 Å². The van der Waals surface area contributed by atoms with E-state index in [9.17, 15) is 14.4 Å². The number of hydrogen-bond acceptors (Lipinski definition) is 6. The zero-order chi connectivity index (χ0) is 16.8. The molecule has 21 heavy (non-hydrogen) atoms. The molecule has 0 aliphatic rings. The van der Waals surface area contributed by atoms with Crippen molar-refractivity contribution in [2.75, 3.05) is 13.7 Å². The molecule has 0 aliphatic carbocycles. The average molecular weight is 304 g/mol. The van der Waals surface area contributed by atoms with Gasteiger partial charge in [-0.15, -0.1) is 0 Å². The summed E-state index contributed by atoms with van der Waals surface area (Å²) >= 11 is 0. The van der Waals surface area contributed by atoms with Crippen molar-refractivity contribution in [1.29, 1.82) is 0 Å². The topological polar surface area (TPSA) is 94.2 Å². The van der Waals surface area contributed by atoms with Gasteiger partial charge in [0.1, 0.15) is 17.7 Å². The Morgan fingerprint density at radius 3 is 1.81 bits per heavy atom. The summed E-state index contributed by atoms with van der Waals surface area (Å²) in [6.45, 7) is 9.50. The Bertz CT molecular complexity index is 394. The van der Waals surface area contributed by atoms with E-state index in [0.717, 1.165) is 0 Å². The summed E-state index contributed by atoms with van der Waals surface area (Å²) in [7, 11) is 1.17. The standard InChI is InChI=1S/C13H24N2O6/c1-12(2,3)20-10(17)14-15(8-9(16)19-7)11(18)21-13(4,5)6/h8H2,1-7H3,(H,14,17). The fourth-order valence-electron chi connectivity index (χ4n) is 1.07. The molecule has 8 heteroatoms. The highest BCUT2D eigenvalue weighted by molar-refractivity contribution is 5.80. The molecular formula is C13H24N2O6. The Balaban J connectivity index is 4.86. The number of nitrogens with zero attached hydrogens (tertiary/aromatic N) is 1. The fourth-order valence-corrected chi connectivity index (χ4v) is 1.07. The van der Waals surface area contributed by atoms with Crippen LogP contribution < -0.4 is 5.43 Å². The van der Waals surface area contributed by atoms with Gasteiger partial charge in [-0.05, 0) is 41.5 Å². The molecule has 0 saturated heterocycles. The lowest BCUT2D eigenvalue weighted by atomic mass is 10.2. The third kappa shape index (κ3) is 9.53. The molecule has 8 nitrogen and oxygen atoms in total. The van der Waals surface area contributed by atoms with E-state index in [2.05, 4.69) is 10.2 Å². The number of nitrogens with one attached hydrogen (secondary N) is 1. The third-order valence-electron chi connectivity index (χ3n) is 1.75. The van der Waals surface area contributed by atoms with Crippen molar-refractivity contribution in [3.8, 4) is 0 Å². The van der Waals surface area contributed by atoms with Crippen LogP contribution in [0.15, 0.2) is 0 Å². The van der Waals surface area contributed by atoms with Gasteiger partial charge in [-0.25, -0.2) is 20.0 Å². The Morgan fingerprint density at radius 2 is 1.43 bits per heavy atom. The lowest BCUT2D eigenvalue weighted by Gasteiger charge is -2.28. The van der Waals surface area contributed by atoms with E-state index in [1.165, 1.54) is 7.11 Å². The number of carbonyl (C=O) groups excluding carboxylic acids is 3. The molecule has 0 aliphatic heterocycles. The molecule has 0 heterocycles. The smallest absolute Gasteiger partial charge is 0.429 e. The second-order valence-corrected chi connectivity index (χ2v) is 6.26. The predicted molar refractivity (Wildman–Crippen MR) is 74.3 cm³/mol. The number of esters is 1. The van der Waals surface area contributed by atoms with Crippen LogP contribution in [0.25, 0.3) is 0 Å². The van der Waals surface area contributed by atoms with Gasteiger partial charge >= 0.3 is 18.2 Å². The number of rotatable bonds is 2. The first-order chi connectivity index (χ1) is 9.34. The zero-order valence-electron chi connectivity index (χ0n) is 13.6. The van der Waals surface area contributed by atoms with Gasteiger partial charge < -0.3 is 14.2 Å². The molecule has 0 unspecified atom stereocenters. The first-order valence-electron chi connectivity index (χ1n) is 6.41. The van der Waals surface area contributed by atoms with E-state index >= 15 is 0 Å². The molecule has 0 fully saturated rings. The zero-order valence-corrected chi connectivity index (χ0v) is 13.6. The Morgan fingerprint density at radius 1 is 0.952 bits per heavy atom. The fraction of sp³-hybridized carbons (Fsp3) is 0.769. The van der Waals surface area contributed by atoms with E-state index in [1.54, 1.807) is 41.5 Å². The molecule has 0 atom stereocenters. The summed E-state index contributed by atoms with van der Waals surface area (Å²) in [5, 5.41) is 0.700. The summed E-state index contributed by atoms with van der Waals surface area (Å²) in [6, 6.07) is 0. The highest BCUT2D eigenvalue weighted by atomic mass is 16.6. The third-order valence-corrected chi connectivity index (χ3v) is 1.75. The molecule has 0 radical (unpaired) electrons. The molecule has 2 amide bonds. The van der Waals surface area contributed by atoms with Crippen LogP contribution in [0.5, 0.6) is 0 Å². The van der Waals surface area contributed by atoms with Crippen LogP contribution in [0.2, 0.25) is 0 Å². The Hall–Kier alpha value is -1.99. The summed E-state index contributed by atoms with van der Waals surface area (Å²) in [5.74, 6) is -0.711. The maximum atomic E-state index is 11.9. The van der Waals surface area contributed by atoms with E-state index in [1.807, 2.05) is 0 Å². The maximum Gasteiger partial charge on any atom is 0.429 e. The highest BCUT2D eigenvalue weighted by Gasteiger charge is 2.27. The van der Waals surface area contributed by atoms with Crippen LogP contribution in [0.4, 0.5) is 9.59 Å². The Labute approximate surface area is 124 Å². The molecule has 122 valence electrons. The number of carbonyl (C=O) groups is 3. The number of amides is 2. The molecule has 0 aromatic rings. The number of hydrazine groups is 1. The van der Waals surface area contributed by atoms with Gasteiger partial charge in [0.05, 0.1) is 7.11 Å². The van der Waals surface area contributed by atoms with Gasteiger partial charge in [0.15, 0.2) is 0 Å². The van der Waals surface area contributed by atoms with Crippen molar-refractivity contribution < 1.29 is 28.6 Å². The van der Waals surface area contributed by atoms with Gasteiger partial charge in [-0.2, -0.15) is 0 Å². The summed E-state index contributed by atoms with van der Waals surface area (Å²) in [5.41, 5.74) is 0.640. The van der Waals surface area contributed by atoms with Gasteiger partial charge in [0.2, 0.25) is 0 Å². The van der Waals surface area contributed by atoms with Crippen LogP contribution in [0.1, 0.15) is 41.5 Å². The van der Waals surface area contributed by atoms with E-state index < -0.39 is 35.9 Å². The summed E-state index contributed by atoms with van der Waals surface area (Å²) in [6.07, 6.45) is -1.77. The van der Waals surface area contributed by atoms with E-state index in [4.69, 9.17) is 9.47 Å². The van der Waals surface area contributed by atoms with Crippen molar-refractivity contribution in [2.24, 2.45) is 0 Å². The number of ether oxygens (including phenoxy) is 3. The average Bonchev–Trinajstić information content (AvgIpc) is 2.22. The minimum atomic E-state index is -0.890. The van der Waals surface area contributed by atoms with E-state index in [-0.39, 0.29) is 0 Å². The van der Waals surface area contributed by atoms with Gasteiger partial charge in [-0.1, -0.05) is 0 Å². The van der Waals surface area contributed by atoms with E-state index in [0.29, 0.717) is 5.01 Å². The highest BCUT2D eigenvalue weighted by Crippen LogP contribution is 2.10. The first kappa shape index (κ1) is 19.0. The van der Waals surface area contributed by atoms with Crippen molar-refractivity contribution in [2.45, 2.75) is 52.7 Å². The van der Waals surface area contributed by atoms with Crippen molar-refractivity contribution in [3.63, 3.8) is 0 Å². The molecule has 0 aromatic carbocycles. The maximum absolute atomic E-state index is 11.9. The first-order valence-corrected chi connectivity index (χ1v) is 6.41.